The van der Waals surface area contributed by atoms with Gasteiger partial charge in [0.25, 0.3) is 0 Å². The van der Waals surface area contributed by atoms with Crippen LogP contribution in [-0.2, 0) is 10.3 Å². The molecule has 2 nitrogen and oxygen atoms in total. The maximum Gasteiger partial charge on any atom is 0.0738 e. The molecule has 1 aliphatic carbocycles. The molecule has 1 aromatic rings. The van der Waals surface area contributed by atoms with E-state index in [4.69, 9.17) is 10.7 Å². The van der Waals surface area contributed by atoms with Gasteiger partial charge in [-0.15, -0.1) is 0 Å². The second-order valence-corrected chi connectivity index (χ2v) is 5.85. The summed E-state index contributed by atoms with van der Waals surface area (Å²) < 4.78 is 0. The average molecular weight is 233 g/mol. The molecule has 0 aromatic heterocycles. The molecule has 0 amide bonds. The number of hydrogen-bond donors (Lipinski definition) is 1. The fourth-order valence-corrected chi connectivity index (χ4v) is 3.44. The third-order valence-electron chi connectivity index (χ3n) is 4.52. The normalized spacial score (nSPS) is 19.5. The molecule has 1 saturated carbocycles. The average Bonchev–Trinajstić information content (AvgIpc) is 2.81. The Bertz CT molecular complexity index is 352. The van der Waals surface area contributed by atoms with Gasteiger partial charge in [-0.2, -0.15) is 0 Å². The monoisotopic (exact) mass is 233 g/mol. The van der Waals surface area contributed by atoms with Crippen LogP contribution in [-0.4, -0.2) is 6.61 Å². The Kier molecular flexibility index (Phi) is 3.55. The molecule has 2 rings (SSSR count). The van der Waals surface area contributed by atoms with Crippen molar-refractivity contribution in [2.24, 2.45) is 11.3 Å². The molecule has 0 bridgehead atoms. The third-order valence-corrected chi connectivity index (χ3v) is 4.52. The van der Waals surface area contributed by atoms with E-state index in [0.29, 0.717) is 6.61 Å². The van der Waals surface area contributed by atoms with Crippen molar-refractivity contribution in [1.29, 1.82) is 0 Å². The zero-order chi connectivity index (χ0) is 12.4. The number of benzene rings is 1. The molecule has 1 fully saturated rings. The van der Waals surface area contributed by atoms with Crippen molar-refractivity contribution in [2.45, 2.75) is 44.9 Å². The van der Waals surface area contributed by atoms with Crippen LogP contribution >= 0.6 is 0 Å². The van der Waals surface area contributed by atoms with Gasteiger partial charge < -0.3 is 4.84 Å². The summed E-state index contributed by atoms with van der Waals surface area (Å²) in [5.74, 6) is 5.32. The number of hydrogen-bond acceptors (Lipinski definition) is 2. The predicted octanol–water partition coefficient (Wildman–Crippen LogP) is 3.41. The van der Waals surface area contributed by atoms with E-state index >= 15 is 0 Å². The van der Waals surface area contributed by atoms with E-state index in [1.54, 1.807) is 0 Å². The molecule has 0 spiro atoms. The Morgan fingerprint density at radius 3 is 2.29 bits per heavy atom. The Balaban J connectivity index is 2.40. The zero-order valence-electron chi connectivity index (χ0n) is 10.9. The third kappa shape index (κ3) is 2.12. The van der Waals surface area contributed by atoms with E-state index in [-0.39, 0.29) is 10.8 Å². The van der Waals surface area contributed by atoms with Crippen molar-refractivity contribution in [3.63, 3.8) is 0 Å². The van der Waals surface area contributed by atoms with Crippen molar-refractivity contribution < 1.29 is 4.84 Å². The highest BCUT2D eigenvalue weighted by molar-refractivity contribution is 5.29. The molecule has 17 heavy (non-hydrogen) atoms. The van der Waals surface area contributed by atoms with Crippen LogP contribution in [0.4, 0.5) is 0 Å². The molecule has 0 unspecified atom stereocenters. The standard InChI is InChI=1S/C15H23NO/c1-14(2,12-17-16)15(10-6-7-11-15)13-8-4-3-5-9-13/h3-5,8-9H,6-7,10-12,16H2,1-2H3. The summed E-state index contributed by atoms with van der Waals surface area (Å²) in [5, 5.41) is 0. The highest BCUT2D eigenvalue weighted by Crippen LogP contribution is 2.52. The van der Waals surface area contributed by atoms with Crippen LogP contribution in [0.1, 0.15) is 45.1 Å². The summed E-state index contributed by atoms with van der Waals surface area (Å²) >= 11 is 0. The van der Waals surface area contributed by atoms with E-state index in [9.17, 15) is 0 Å². The smallest absolute Gasteiger partial charge is 0.0738 e. The summed E-state index contributed by atoms with van der Waals surface area (Å²) in [4.78, 5) is 4.97. The molecule has 1 aromatic carbocycles. The second kappa shape index (κ2) is 4.79. The summed E-state index contributed by atoms with van der Waals surface area (Å²) in [6.45, 7) is 5.16. The minimum Gasteiger partial charge on any atom is -0.304 e. The molecular formula is C15H23NO. The van der Waals surface area contributed by atoms with Crippen molar-refractivity contribution in [1.82, 2.24) is 0 Å². The van der Waals surface area contributed by atoms with Crippen LogP contribution in [0.25, 0.3) is 0 Å². The first-order valence-electron chi connectivity index (χ1n) is 6.50. The van der Waals surface area contributed by atoms with Gasteiger partial charge >= 0.3 is 0 Å². The highest BCUT2D eigenvalue weighted by Gasteiger charge is 2.47. The summed E-state index contributed by atoms with van der Waals surface area (Å²) in [5.41, 5.74) is 1.76. The van der Waals surface area contributed by atoms with Crippen LogP contribution in [0.15, 0.2) is 30.3 Å². The number of nitrogens with two attached hydrogens (primary N) is 1. The fourth-order valence-electron chi connectivity index (χ4n) is 3.44. The lowest BCUT2D eigenvalue weighted by Gasteiger charge is -2.44. The first-order valence-corrected chi connectivity index (χ1v) is 6.50. The van der Waals surface area contributed by atoms with E-state index in [1.807, 2.05) is 0 Å². The van der Waals surface area contributed by atoms with Gasteiger partial charge in [-0.3, -0.25) is 0 Å². The zero-order valence-corrected chi connectivity index (χ0v) is 10.9. The van der Waals surface area contributed by atoms with Crippen LogP contribution in [0.2, 0.25) is 0 Å². The summed E-state index contributed by atoms with van der Waals surface area (Å²) in [6.07, 6.45) is 5.10. The Labute approximate surface area is 104 Å². The van der Waals surface area contributed by atoms with E-state index in [2.05, 4.69) is 44.2 Å². The van der Waals surface area contributed by atoms with Crippen molar-refractivity contribution in [3.05, 3.63) is 35.9 Å². The predicted molar refractivity (Wildman–Crippen MR) is 70.5 cm³/mol. The topological polar surface area (TPSA) is 35.2 Å². The molecule has 0 radical (unpaired) electrons. The summed E-state index contributed by atoms with van der Waals surface area (Å²) in [7, 11) is 0. The van der Waals surface area contributed by atoms with Gasteiger partial charge in [0.1, 0.15) is 0 Å². The van der Waals surface area contributed by atoms with Gasteiger partial charge in [0.2, 0.25) is 0 Å². The highest BCUT2D eigenvalue weighted by atomic mass is 16.6. The molecule has 94 valence electrons. The maximum absolute atomic E-state index is 5.32. The lowest BCUT2D eigenvalue weighted by molar-refractivity contribution is 0.0125. The molecule has 0 atom stereocenters. The first-order chi connectivity index (χ1) is 8.12. The molecule has 1 aliphatic rings. The number of rotatable bonds is 4. The molecule has 2 N–H and O–H groups in total. The molecular weight excluding hydrogens is 210 g/mol. The second-order valence-electron chi connectivity index (χ2n) is 5.85. The van der Waals surface area contributed by atoms with Crippen molar-refractivity contribution >= 4 is 0 Å². The van der Waals surface area contributed by atoms with Gasteiger partial charge in [0, 0.05) is 5.41 Å². The fraction of sp³-hybridized carbons (Fsp3) is 0.600. The first kappa shape index (κ1) is 12.6. The van der Waals surface area contributed by atoms with Gasteiger partial charge in [-0.1, -0.05) is 57.0 Å². The summed E-state index contributed by atoms with van der Waals surface area (Å²) in [6, 6.07) is 10.9. The SMILES string of the molecule is CC(C)(CON)C1(c2ccccc2)CCCC1. The maximum atomic E-state index is 5.32. The molecule has 0 aliphatic heterocycles. The lowest BCUT2D eigenvalue weighted by atomic mass is 9.61. The quantitative estimate of drug-likeness (QED) is 0.809. The van der Waals surface area contributed by atoms with E-state index in [1.165, 1.54) is 31.2 Å². The van der Waals surface area contributed by atoms with Crippen LogP contribution < -0.4 is 5.90 Å². The molecule has 2 heteroatoms. The van der Waals surface area contributed by atoms with E-state index in [0.717, 1.165) is 0 Å². The van der Waals surface area contributed by atoms with Gasteiger partial charge in [0.15, 0.2) is 0 Å². The Hall–Kier alpha value is -0.860. The minimum atomic E-state index is 0.0829. The van der Waals surface area contributed by atoms with Crippen LogP contribution in [0.3, 0.4) is 0 Å². The van der Waals surface area contributed by atoms with E-state index < -0.39 is 0 Å². The van der Waals surface area contributed by atoms with Crippen LogP contribution in [0.5, 0.6) is 0 Å². The van der Waals surface area contributed by atoms with Gasteiger partial charge in [0.05, 0.1) is 6.61 Å². The Morgan fingerprint density at radius 2 is 1.76 bits per heavy atom. The largest absolute Gasteiger partial charge is 0.304 e. The molecule has 0 heterocycles. The Morgan fingerprint density at radius 1 is 1.18 bits per heavy atom. The minimum absolute atomic E-state index is 0.0829. The van der Waals surface area contributed by atoms with Crippen molar-refractivity contribution in [3.8, 4) is 0 Å². The van der Waals surface area contributed by atoms with Gasteiger partial charge in [-0.25, -0.2) is 5.90 Å². The molecule has 0 saturated heterocycles. The van der Waals surface area contributed by atoms with Gasteiger partial charge in [-0.05, 0) is 23.8 Å². The van der Waals surface area contributed by atoms with Crippen LogP contribution in [0, 0.1) is 5.41 Å². The lowest BCUT2D eigenvalue weighted by Crippen LogP contribution is -2.43. The van der Waals surface area contributed by atoms with Crippen molar-refractivity contribution in [2.75, 3.05) is 6.61 Å².